The maximum atomic E-state index is 10.1. The van der Waals surface area contributed by atoms with Crippen molar-refractivity contribution < 1.29 is 9.63 Å². The molecule has 0 radical (unpaired) electrons. The van der Waals surface area contributed by atoms with Gasteiger partial charge in [0.05, 0.1) is 11.8 Å². The Balaban J connectivity index is 1.54. The van der Waals surface area contributed by atoms with Gasteiger partial charge in [0, 0.05) is 17.4 Å². The average molecular weight is 327 g/mol. The van der Waals surface area contributed by atoms with E-state index in [0.717, 1.165) is 43.2 Å². The first-order chi connectivity index (χ1) is 11.4. The zero-order valence-electron chi connectivity index (χ0n) is 15.1. The van der Waals surface area contributed by atoms with Gasteiger partial charge in [-0.1, -0.05) is 30.7 Å². The number of aliphatic hydroxyl groups excluding tert-OH is 1. The van der Waals surface area contributed by atoms with Crippen LogP contribution in [0.2, 0.25) is 0 Å². The minimum absolute atomic E-state index is 0.112. The third-order valence-corrected chi connectivity index (χ3v) is 8.38. The standard InChI is InChI=1S/C21H29NO2/c1-12-19-18(24-22-12)11-17-15-5-4-13-10-14(23)6-8-20(13,2)16(15)7-9-21(17,19)3/h4,14-17,23H,5-11H2,1-3H3/t14-,15+,16-,17+,20+,21+/m1/s1. The number of allylic oxidation sites excluding steroid dienone is 1. The first-order valence-electron chi connectivity index (χ1n) is 9.76. The van der Waals surface area contributed by atoms with Gasteiger partial charge in [0.15, 0.2) is 0 Å². The van der Waals surface area contributed by atoms with Crippen LogP contribution >= 0.6 is 0 Å². The second-order valence-corrected chi connectivity index (χ2v) is 9.38. The Hall–Kier alpha value is -1.09. The lowest BCUT2D eigenvalue weighted by Crippen LogP contribution is -2.51. The molecule has 1 aromatic rings. The van der Waals surface area contributed by atoms with Gasteiger partial charge in [-0.25, -0.2) is 0 Å². The molecule has 4 aliphatic rings. The van der Waals surface area contributed by atoms with E-state index in [1.165, 1.54) is 30.6 Å². The minimum Gasteiger partial charge on any atom is -0.393 e. The van der Waals surface area contributed by atoms with E-state index in [-0.39, 0.29) is 11.5 Å². The number of nitrogens with zero attached hydrogens (tertiary/aromatic N) is 1. The van der Waals surface area contributed by atoms with Gasteiger partial charge in [-0.15, -0.1) is 0 Å². The number of aryl methyl sites for hydroxylation is 1. The van der Waals surface area contributed by atoms with Gasteiger partial charge in [0.1, 0.15) is 5.76 Å². The molecule has 0 unspecified atom stereocenters. The van der Waals surface area contributed by atoms with Crippen molar-refractivity contribution in [3.8, 4) is 0 Å². The molecule has 130 valence electrons. The molecule has 24 heavy (non-hydrogen) atoms. The van der Waals surface area contributed by atoms with E-state index in [1.54, 1.807) is 5.57 Å². The quantitative estimate of drug-likeness (QED) is 0.722. The summed E-state index contributed by atoms with van der Waals surface area (Å²) in [6.07, 6.45) is 10.3. The molecule has 6 atom stereocenters. The molecule has 4 aliphatic carbocycles. The highest BCUT2D eigenvalue weighted by molar-refractivity contribution is 5.40. The van der Waals surface area contributed by atoms with E-state index in [1.807, 2.05) is 0 Å². The predicted molar refractivity (Wildman–Crippen MR) is 92.7 cm³/mol. The Kier molecular flexibility index (Phi) is 3.01. The molecule has 3 heteroatoms. The van der Waals surface area contributed by atoms with Crippen LogP contribution in [0, 0.1) is 30.1 Å². The summed E-state index contributed by atoms with van der Waals surface area (Å²) in [7, 11) is 0. The third kappa shape index (κ3) is 1.75. The lowest BCUT2D eigenvalue weighted by molar-refractivity contribution is -0.0172. The van der Waals surface area contributed by atoms with E-state index in [9.17, 15) is 5.11 Å². The number of hydrogen-bond donors (Lipinski definition) is 1. The average Bonchev–Trinajstić information content (AvgIpc) is 3.06. The van der Waals surface area contributed by atoms with Crippen molar-refractivity contribution in [2.75, 3.05) is 0 Å². The summed E-state index contributed by atoms with van der Waals surface area (Å²) < 4.78 is 5.69. The van der Waals surface area contributed by atoms with Crippen molar-refractivity contribution in [3.05, 3.63) is 28.7 Å². The summed E-state index contributed by atoms with van der Waals surface area (Å²) in [5.74, 6) is 3.41. The highest BCUT2D eigenvalue weighted by Gasteiger charge is 2.58. The van der Waals surface area contributed by atoms with Gasteiger partial charge < -0.3 is 9.63 Å². The number of aliphatic hydroxyl groups is 1. The van der Waals surface area contributed by atoms with Crippen molar-refractivity contribution in [3.63, 3.8) is 0 Å². The summed E-state index contributed by atoms with van der Waals surface area (Å²) in [5, 5.41) is 14.4. The topological polar surface area (TPSA) is 46.3 Å². The SMILES string of the molecule is Cc1noc2c1[C@@]1(C)CC[C@@H]3[C@H](CC=C4C[C@H](O)CC[C@@]43C)[C@@H]1C2. The first kappa shape index (κ1) is 15.2. The van der Waals surface area contributed by atoms with Gasteiger partial charge in [-0.05, 0) is 68.6 Å². The van der Waals surface area contributed by atoms with Crippen LogP contribution in [-0.2, 0) is 11.8 Å². The molecule has 0 aliphatic heterocycles. The fourth-order valence-electron chi connectivity index (χ4n) is 7.14. The van der Waals surface area contributed by atoms with Crippen molar-refractivity contribution >= 4 is 0 Å². The summed E-state index contributed by atoms with van der Waals surface area (Å²) in [6.45, 7) is 7.07. The van der Waals surface area contributed by atoms with Gasteiger partial charge in [-0.2, -0.15) is 0 Å². The number of aromatic nitrogens is 1. The van der Waals surface area contributed by atoms with Crippen LogP contribution in [0.5, 0.6) is 0 Å². The summed E-state index contributed by atoms with van der Waals surface area (Å²) >= 11 is 0. The molecule has 0 saturated heterocycles. The van der Waals surface area contributed by atoms with Gasteiger partial charge in [0.25, 0.3) is 0 Å². The molecule has 5 rings (SSSR count). The van der Waals surface area contributed by atoms with Crippen molar-refractivity contribution in [1.29, 1.82) is 0 Å². The molecule has 1 heterocycles. The molecule has 2 saturated carbocycles. The molecule has 0 spiro atoms. The molecular formula is C21H29NO2. The summed E-state index contributed by atoms with van der Waals surface area (Å²) in [4.78, 5) is 0. The largest absolute Gasteiger partial charge is 0.393 e. The smallest absolute Gasteiger partial charge is 0.141 e. The van der Waals surface area contributed by atoms with E-state index in [2.05, 4.69) is 32.0 Å². The summed E-state index contributed by atoms with van der Waals surface area (Å²) in [6, 6.07) is 0. The normalized spacial score (nSPS) is 46.6. The zero-order chi connectivity index (χ0) is 16.7. The van der Waals surface area contributed by atoms with E-state index >= 15 is 0 Å². The molecule has 0 aromatic carbocycles. The third-order valence-electron chi connectivity index (χ3n) is 8.38. The lowest BCUT2D eigenvalue weighted by atomic mass is 9.47. The molecule has 0 amide bonds. The number of hydrogen-bond acceptors (Lipinski definition) is 3. The van der Waals surface area contributed by atoms with Crippen LogP contribution < -0.4 is 0 Å². The van der Waals surface area contributed by atoms with Crippen molar-refractivity contribution in [2.45, 2.75) is 77.2 Å². The Labute approximate surface area is 144 Å². The molecule has 1 aromatic heterocycles. The van der Waals surface area contributed by atoms with Crippen LogP contribution in [0.4, 0.5) is 0 Å². The van der Waals surface area contributed by atoms with E-state index < -0.39 is 0 Å². The van der Waals surface area contributed by atoms with Crippen molar-refractivity contribution in [2.24, 2.45) is 23.2 Å². The lowest BCUT2D eigenvalue weighted by Gasteiger charge is -2.57. The Morgan fingerprint density at radius 3 is 2.75 bits per heavy atom. The highest BCUT2D eigenvalue weighted by Crippen LogP contribution is 2.64. The van der Waals surface area contributed by atoms with Gasteiger partial charge in [-0.3, -0.25) is 0 Å². The Morgan fingerprint density at radius 2 is 1.92 bits per heavy atom. The highest BCUT2D eigenvalue weighted by atomic mass is 16.5. The Bertz CT molecular complexity index is 719. The number of fused-ring (bicyclic) bond motifs is 7. The zero-order valence-corrected chi connectivity index (χ0v) is 15.1. The van der Waals surface area contributed by atoms with Crippen LogP contribution in [0.15, 0.2) is 16.2 Å². The monoisotopic (exact) mass is 327 g/mol. The van der Waals surface area contributed by atoms with Crippen LogP contribution in [0.1, 0.15) is 69.4 Å². The van der Waals surface area contributed by atoms with Crippen LogP contribution in [-0.4, -0.2) is 16.4 Å². The second kappa shape index (κ2) is 4.75. The first-order valence-corrected chi connectivity index (χ1v) is 9.76. The van der Waals surface area contributed by atoms with Crippen molar-refractivity contribution in [1.82, 2.24) is 5.16 Å². The molecule has 2 fully saturated rings. The molecular weight excluding hydrogens is 298 g/mol. The number of rotatable bonds is 0. The van der Waals surface area contributed by atoms with Gasteiger partial charge in [0.2, 0.25) is 0 Å². The maximum absolute atomic E-state index is 10.1. The predicted octanol–water partition coefficient (Wildman–Crippen LogP) is 4.32. The molecule has 1 N–H and O–H groups in total. The fraction of sp³-hybridized carbons (Fsp3) is 0.762. The second-order valence-electron chi connectivity index (χ2n) is 9.38. The maximum Gasteiger partial charge on any atom is 0.141 e. The van der Waals surface area contributed by atoms with Gasteiger partial charge >= 0.3 is 0 Å². The van der Waals surface area contributed by atoms with E-state index in [4.69, 9.17) is 4.52 Å². The summed E-state index contributed by atoms with van der Waals surface area (Å²) in [5.41, 5.74) is 4.69. The minimum atomic E-state index is -0.112. The molecule has 0 bridgehead atoms. The van der Waals surface area contributed by atoms with E-state index in [0.29, 0.717) is 11.3 Å². The molecule has 3 nitrogen and oxygen atoms in total. The Morgan fingerprint density at radius 1 is 1.12 bits per heavy atom. The fourth-order valence-corrected chi connectivity index (χ4v) is 7.14. The van der Waals surface area contributed by atoms with Crippen LogP contribution in [0.3, 0.4) is 0 Å². The van der Waals surface area contributed by atoms with Crippen LogP contribution in [0.25, 0.3) is 0 Å².